The van der Waals surface area contributed by atoms with Crippen LogP contribution < -0.4 is 5.73 Å². The number of benzene rings is 1. The molecule has 0 saturated carbocycles. The highest BCUT2D eigenvalue weighted by atomic mass is 32.2. The van der Waals surface area contributed by atoms with E-state index in [1.807, 2.05) is 0 Å². The van der Waals surface area contributed by atoms with Crippen LogP contribution in [0.15, 0.2) is 18.2 Å². The lowest BCUT2D eigenvalue weighted by atomic mass is 10.3. The van der Waals surface area contributed by atoms with Crippen LogP contribution in [0.25, 0.3) is 11.0 Å². The Morgan fingerprint density at radius 1 is 1.44 bits per heavy atom. The molecule has 0 aliphatic rings. The number of nitrogens with one attached hydrogen (secondary N) is 1. The van der Waals surface area contributed by atoms with Gasteiger partial charge in [0, 0.05) is 11.4 Å². The van der Waals surface area contributed by atoms with Gasteiger partial charge in [0.05, 0.1) is 11.0 Å². The lowest BCUT2D eigenvalue weighted by Crippen LogP contribution is -2.07. The molecule has 0 aliphatic heterocycles. The first kappa shape index (κ1) is 10.9. The van der Waals surface area contributed by atoms with E-state index in [0.29, 0.717) is 11.5 Å². The van der Waals surface area contributed by atoms with E-state index in [1.165, 1.54) is 0 Å². The molecule has 3 N–H and O–H groups in total. The predicted molar refractivity (Wildman–Crippen MR) is 63.7 cm³/mol. The summed E-state index contributed by atoms with van der Waals surface area (Å²) in [5.74, 6) is 0.520. The third kappa shape index (κ3) is 2.16. The Morgan fingerprint density at radius 3 is 2.88 bits per heavy atom. The number of rotatable bonds is 3. The summed E-state index contributed by atoms with van der Waals surface area (Å²) in [6, 6.07) is 5.24. The molecule has 6 heteroatoms. The van der Waals surface area contributed by atoms with Gasteiger partial charge >= 0.3 is 0 Å². The van der Waals surface area contributed by atoms with E-state index >= 15 is 0 Å². The van der Waals surface area contributed by atoms with Crippen molar-refractivity contribution in [2.75, 3.05) is 11.5 Å². The number of aromatic amines is 1. The Kier molecular flexibility index (Phi) is 2.59. The monoisotopic (exact) mass is 239 g/mol. The summed E-state index contributed by atoms with van der Waals surface area (Å²) >= 11 is 0. The molecule has 0 fully saturated rings. The molecule has 0 unspecified atom stereocenters. The van der Waals surface area contributed by atoms with Gasteiger partial charge in [-0.1, -0.05) is 6.92 Å². The number of nitrogen functional groups attached to an aromatic ring is 1. The van der Waals surface area contributed by atoms with Crippen LogP contribution in [0.3, 0.4) is 0 Å². The maximum absolute atomic E-state index is 11.4. The smallest absolute Gasteiger partial charge is 0.157 e. The lowest BCUT2D eigenvalue weighted by Gasteiger charge is -1.95. The summed E-state index contributed by atoms with van der Waals surface area (Å²) in [5.41, 5.74) is 7.74. The van der Waals surface area contributed by atoms with Crippen molar-refractivity contribution in [3.8, 4) is 0 Å². The average Bonchev–Trinajstić information content (AvgIpc) is 2.58. The quantitative estimate of drug-likeness (QED) is 0.784. The van der Waals surface area contributed by atoms with Gasteiger partial charge in [0.1, 0.15) is 11.6 Å². The maximum atomic E-state index is 11.4. The van der Waals surface area contributed by atoms with Crippen LogP contribution in [0.2, 0.25) is 0 Å². The largest absolute Gasteiger partial charge is 0.399 e. The van der Waals surface area contributed by atoms with Gasteiger partial charge in [-0.2, -0.15) is 0 Å². The Morgan fingerprint density at radius 2 is 2.19 bits per heavy atom. The lowest BCUT2D eigenvalue weighted by molar-refractivity contribution is 0.595. The van der Waals surface area contributed by atoms with E-state index in [1.54, 1.807) is 25.1 Å². The molecule has 0 spiro atoms. The van der Waals surface area contributed by atoms with Crippen molar-refractivity contribution in [3.05, 3.63) is 24.0 Å². The van der Waals surface area contributed by atoms with Gasteiger partial charge in [-0.25, -0.2) is 13.4 Å². The summed E-state index contributed by atoms with van der Waals surface area (Å²) < 4.78 is 22.9. The molecule has 0 bridgehead atoms. The van der Waals surface area contributed by atoms with Crippen LogP contribution in [0.5, 0.6) is 0 Å². The molecule has 0 radical (unpaired) electrons. The highest BCUT2D eigenvalue weighted by Crippen LogP contribution is 2.16. The van der Waals surface area contributed by atoms with E-state index in [-0.39, 0.29) is 11.5 Å². The normalized spacial score (nSPS) is 12.1. The zero-order chi connectivity index (χ0) is 11.8. The predicted octanol–water partition coefficient (Wildman–Crippen LogP) is 1.08. The van der Waals surface area contributed by atoms with Crippen molar-refractivity contribution < 1.29 is 8.42 Å². The van der Waals surface area contributed by atoms with Crippen LogP contribution >= 0.6 is 0 Å². The van der Waals surface area contributed by atoms with Crippen LogP contribution in [-0.2, 0) is 15.6 Å². The Labute approximate surface area is 93.6 Å². The molecule has 16 heavy (non-hydrogen) atoms. The van der Waals surface area contributed by atoms with E-state index in [4.69, 9.17) is 5.73 Å². The maximum Gasteiger partial charge on any atom is 0.157 e. The number of hydrogen-bond acceptors (Lipinski definition) is 4. The summed E-state index contributed by atoms with van der Waals surface area (Å²) in [6.45, 7) is 1.62. The SMILES string of the molecule is CCS(=O)(=O)Cc1nc2ccc(N)cc2[nH]1. The van der Waals surface area contributed by atoms with Crippen molar-refractivity contribution in [2.45, 2.75) is 12.7 Å². The standard InChI is InChI=1S/C10H13N3O2S/c1-2-16(14,15)6-10-12-8-4-3-7(11)5-9(8)13-10/h3-5H,2,6,11H2,1H3,(H,12,13). The fraction of sp³-hybridized carbons (Fsp3) is 0.300. The number of H-pyrrole nitrogens is 1. The zero-order valence-electron chi connectivity index (χ0n) is 8.90. The Bertz CT molecular complexity index is 616. The molecule has 1 heterocycles. The van der Waals surface area contributed by atoms with Gasteiger partial charge in [0.15, 0.2) is 9.84 Å². The van der Waals surface area contributed by atoms with Gasteiger partial charge < -0.3 is 10.7 Å². The highest BCUT2D eigenvalue weighted by molar-refractivity contribution is 7.90. The second-order valence-corrected chi connectivity index (χ2v) is 5.99. The third-order valence-electron chi connectivity index (χ3n) is 2.35. The molecule has 0 saturated heterocycles. The number of aromatic nitrogens is 2. The number of anilines is 1. The molecule has 5 nitrogen and oxygen atoms in total. The van der Waals surface area contributed by atoms with E-state index < -0.39 is 9.84 Å². The Balaban J connectivity index is 2.40. The van der Waals surface area contributed by atoms with E-state index in [9.17, 15) is 8.42 Å². The van der Waals surface area contributed by atoms with Crippen molar-refractivity contribution >= 4 is 26.6 Å². The Hall–Kier alpha value is -1.56. The second kappa shape index (κ2) is 3.79. The minimum Gasteiger partial charge on any atom is -0.399 e. The van der Waals surface area contributed by atoms with Crippen LogP contribution in [0.1, 0.15) is 12.7 Å². The van der Waals surface area contributed by atoms with Gasteiger partial charge in [-0.15, -0.1) is 0 Å². The van der Waals surface area contributed by atoms with E-state index in [0.717, 1.165) is 11.0 Å². The minimum absolute atomic E-state index is 0.0575. The number of hydrogen-bond donors (Lipinski definition) is 2. The molecular formula is C10H13N3O2S. The van der Waals surface area contributed by atoms with Gasteiger partial charge in [0.2, 0.25) is 0 Å². The van der Waals surface area contributed by atoms with Crippen LogP contribution in [0.4, 0.5) is 5.69 Å². The molecule has 86 valence electrons. The average molecular weight is 239 g/mol. The molecule has 2 aromatic rings. The summed E-state index contributed by atoms with van der Waals surface area (Å²) in [5, 5.41) is 0. The van der Waals surface area contributed by atoms with Crippen molar-refractivity contribution in [1.29, 1.82) is 0 Å². The molecule has 0 amide bonds. The van der Waals surface area contributed by atoms with Crippen LogP contribution in [-0.4, -0.2) is 24.1 Å². The van der Waals surface area contributed by atoms with Gasteiger partial charge in [0.25, 0.3) is 0 Å². The number of sulfone groups is 1. The van der Waals surface area contributed by atoms with Crippen molar-refractivity contribution in [1.82, 2.24) is 9.97 Å². The topological polar surface area (TPSA) is 88.8 Å². The summed E-state index contributed by atoms with van der Waals surface area (Å²) in [6.07, 6.45) is 0. The molecule has 2 rings (SSSR count). The van der Waals surface area contributed by atoms with Gasteiger partial charge in [-0.3, -0.25) is 0 Å². The minimum atomic E-state index is -3.06. The fourth-order valence-electron chi connectivity index (χ4n) is 1.46. The summed E-state index contributed by atoms with van der Waals surface area (Å²) in [7, 11) is -3.06. The first-order valence-corrected chi connectivity index (χ1v) is 6.77. The van der Waals surface area contributed by atoms with Crippen LogP contribution in [0, 0.1) is 0 Å². The molecule has 1 aromatic heterocycles. The highest BCUT2D eigenvalue weighted by Gasteiger charge is 2.12. The number of fused-ring (bicyclic) bond motifs is 1. The van der Waals surface area contributed by atoms with E-state index in [2.05, 4.69) is 9.97 Å². The first-order valence-electron chi connectivity index (χ1n) is 4.95. The molecular weight excluding hydrogens is 226 g/mol. The number of nitrogens with zero attached hydrogens (tertiary/aromatic N) is 1. The summed E-state index contributed by atoms with van der Waals surface area (Å²) in [4.78, 5) is 7.15. The number of nitrogens with two attached hydrogens (primary N) is 1. The fourth-order valence-corrected chi connectivity index (χ4v) is 2.22. The second-order valence-electron chi connectivity index (χ2n) is 3.64. The van der Waals surface area contributed by atoms with Crippen molar-refractivity contribution in [2.24, 2.45) is 0 Å². The molecule has 0 atom stereocenters. The van der Waals surface area contributed by atoms with Crippen molar-refractivity contribution in [3.63, 3.8) is 0 Å². The van der Waals surface area contributed by atoms with Gasteiger partial charge in [-0.05, 0) is 18.2 Å². The third-order valence-corrected chi connectivity index (χ3v) is 3.94. The molecule has 0 aliphatic carbocycles. The molecule has 1 aromatic carbocycles. The number of imidazole rings is 1. The zero-order valence-corrected chi connectivity index (χ0v) is 9.71. The first-order chi connectivity index (χ1) is 7.50.